The maximum absolute atomic E-state index is 5.55. The maximum Gasteiger partial charge on any atom is 0.157 e. The molecule has 0 aliphatic rings. The number of nitrogens with zero attached hydrogens (tertiary/aromatic N) is 3. The van der Waals surface area contributed by atoms with Crippen LogP contribution in [0.4, 0.5) is 0 Å². The van der Waals surface area contributed by atoms with E-state index in [1.807, 2.05) is 31.8 Å². The molecule has 0 spiro atoms. The number of fused-ring (bicyclic) bond motifs is 1. The zero-order valence-corrected chi connectivity index (χ0v) is 13.7. The van der Waals surface area contributed by atoms with E-state index in [1.165, 1.54) is 5.56 Å². The van der Waals surface area contributed by atoms with E-state index in [1.54, 1.807) is 0 Å². The van der Waals surface area contributed by atoms with Gasteiger partial charge in [-0.2, -0.15) is 5.10 Å². The van der Waals surface area contributed by atoms with E-state index in [4.69, 9.17) is 4.74 Å². The summed E-state index contributed by atoms with van der Waals surface area (Å²) in [5, 5.41) is 9.11. The Kier molecular flexibility index (Phi) is 5.31. The lowest BCUT2D eigenvalue weighted by Crippen LogP contribution is -2.37. The third-order valence-corrected chi connectivity index (χ3v) is 3.79. The van der Waals surface area contributed by atoms with Crippen molar-refractivity contribution in [3.63, 3.8) is 0 Å². The predicted octanol–water partition coefficient (Wildman–Crippen LogP) is 2.43. The Morgan fingerprint density at radius 2 is 2.14 bits per heavy atom. The number of aryl methyl sites for hydroxylation is 2. The molecule has 1 atom stereocenters. The van der Waals surface area contributed by atoms with Crippen LogP contribution < -0.4 is 5.32 Å². The molecule has 116 valence electrons. The predicted molar refractivity (Wildman–Crippen MR) is 85.2 cm³/mol. The van der Waals surface area contributed by atoms with Gasteiger partial charge in [-0.3, -0.25) is 4.68 Å². The van der Waals surface area contributed by atoms with Gasteiger partial charge < -0.3 is 10.1 Å². The summed E-state index contributed by atoms with van der Waals surface area (Å²) in [6, 6.07) is 2.53. The van der Waals surface area contributed by atoms with Crippen molar-refractivity contribution in [1.29, 1.82) is 0 Å². The molecule has 0 bridgehead atoms. The molecule has 2 aromatic rings. The molecule has 2 rings (SSSR count). The zero-order chi connectivity index (χ0) is 15.4. The van der Waals surface area contributed by atoms with Crippen molar-refractivity contribution < 1.29 is 4.74 Å². The first-order chi connectivity index (χ1) is 10.0. The summed E-state index contributed by atoms with van der Waals surface area (Å²) in [6.07, 6.45) is 1.93. The smallest absolute Gasteiger partial charge is 0.157 e. The Morgan fingerprint density at radius 3 is 2.81 bits per heavy atom. The van der Waals surface area contributed by atoms with Gasteiger partial charge in [0.05, 0.1) is 12.3 Å². The van der Waals surface area contributed by atoms with Crippen LogP contribution in [0.2, 0.25) is 0 Å². The summed E-state index contributed by atoms with van der Waals surface area (Å²) in [6.45, 7) is 10.8. The van der Waals surface area contributed by atoms with Crippen molar-refractivity contribution in [2.24, 2.45) is 13.0 Å². The van der Waals surface area contributed by atoms with Gasteiger partial charge in [0.15, 0.2) is 5.65 Å². The number of hydrogen-bond donors (Lipinski definition) is 1. The van der Waals surface area contributed by atoms with Gasteiger partial charge >= 0.3 is 0 Å². The molecule has 2 heterocycles. The summed E-state index contributed by atoms with van der Waals surface area (Å²) in [7, 11) is 1.93. The van der Waals surface area contributed by atoms with Crippen molar-refractivity contribution in [2.45, 2.75) is 40.3 Å². The maximum atomic E-state index is 5.55. The molecular weight excluding hydrogens is 264 g/mol. The molecular formula is C16H26N4O. The Labute approximate surface area is 126 Å². The second kappa shape index (κ2) is 7.00. The molecule has 0 saturated heterocycles. The van der Waals surface area contributed by atoms with Crippen molar-refractivity contribution in [3.8, 4) is 0 Å². The van der Waals surface area contributed by atoms with Gasteiger partial charge in [-0.05, 0) is 31.4 Å². The van der Waals surface area contributed by atoms with Gasteiger partial charge in [0.1, 0.15) is 0 Å². The van der Waals surface area contributed by atoms with Gasteiger partial charge in [0.2, 0.25) is 0 Å². The minimum atomic E-state index is 0.357. The third-order valence-electron chi connectivity index (χ3n) is 3.79. The van der Waals surface area contributed by atoms with Crippen LogP contribution in [-0.2, 0) is 18.3 Å². The lowest BCUT2D eigenvalue weighted by molar-refractivity contribution is 0.108. The summed E-state index contributed by atoms with van der Waals surface area (Å²) < 4.78 is 7.37. The summed E-state index contributed by atoms with van der Waals surface area (Å²) in [5.74, 6) is 0.536. The van der Waals surface area contributed by atoms with E-state index in [9.17, 15) is 0 Å². The topological polar surface area (TPSA) is 52.0 Å². The molecule has 5 heteroatoms. The molecule has 0 radical (unpaired) electrons. The molecule has 1 unspecified atom stereocenters. The highest BCUT2D eigenvalue weighted by molar-refractivity contribution is 5.78. The van der Waals surface area contributed by atoms with E-state index in [2.05, 4.69) is 35.3 Å². The lowest BCUT2D eigenvalue weighted by atomic mass is 10.0. The van der Waals surface area contributed by atoms with Crippen molar-refractivity contribution in [3.05, 3.63) is 23.5 Å². The van der Waals surface area contributed by atoms with E-state index < -0.39 is 0 Å². The summed E-state index contributed by atoms with van der Waals surface area (Å²) in [5.41, 5.74) is 3.14. The Hall–Kier alpha value is -1.46. The zero-order valence-electron chi connectivity index (χ0n) is 13.7. The second-order valence-electron chi connectivity index (χ2n) is 5.81. The van der Waals surface area contributed by atoms with Crippen LogP contribution in [0.1, 0.15) is 32.0 Å². The van der Waals surface area contributed by atoms with E-state index >= 15 is 0 Å². The standard InChI is InChI=1S/C16H26N4O/c1-6-21-10-15(11(2)3)17-8-13-7-14-12(4)19-20(5)16(14)18-9-13/h7,9,11,15,17H,6,8,10H2,1-5H3. The first-order valence-corrected chi connectivity index (χ1v) is 7.62. The molecule has 0 aliphatic carbocycles. The van der Waals surface area contributed by atoms with Crippen LogP contribution in [0.3, 0.4) is 0 Å². The van der Waals surface area contributed by atoms with Crippen LogP contribution in [0.5, 0.6) is 0 Å². The highest BCUT2D eigenvalue weighted by atomic mass is 16.5. The normalized spacial score (nSPS) is 13.2. The van der Waals surface area contributed by atoms with E-state index in [-0.39, 0.29) is 0 Å². The van der Waals surface area contributed by atoms with Gasteiger partial charge in [-0.25, -0.2) is 4.98 Å². The third kappa shape index (κ3) is 3.80. The van der Waals surface area contributed by atoms with Crippen LogP contribution >= 0.6 is 0 Å². The largest absolute Gasteiger partial charge is 0.380 e. The Balaban J connectivity index is 2.07. The molecule has 1 N–H and O–H groups in total. The number of ether oxygens (including phenoxy) is 1. The minimum absolute atomic E-state index is 0.357. The van der Waals surface area contributed by atoms with Crippen LogP contribution in [0.25, 0.3) is 11.0 Å². The monoisotopic (exact) mass is 290 g/mol. The summed E-state index contributed by atoms with van der Waals surface area (Å²) >= 11 is 0. The Bertz CT molecular complexity index is 591. The average molecular weight is 290 g/mol. The lowest BCUT2D eigenvalue weighted by Gasteiger charge is -2.22. The van der Waals surface area contributed by atoms with Gasteiger partial charge in [0.25, 0.3) is 0 Å². The van der Waals surface area contributed by atoms with Gasteiger partial charge in [-0.1, -0.05) is 13.8 Å². The van der Waals surface area contributed by atoms with Gasteiger partial charge in [0, 0.05) is 37.8 Å². The van der Waals surface area contributed by atoms with Crippen LogP contribution in [-0.4, -0.2) is 34.0 Å². The van der Waals surface area contributed by atoms with Crippen molar-refractivity contribution in [1.82, 2.24) is 20.1 Å². The Morgan fingerprint density at radius 1 is 1.38 bits per heavy atom. The minimum Gasteiger partial charge on any atom is -0.380 e. The first-order valence-electron chi connectivity index (χ1n) is 7.62. The molecule has 2 aromatic heterocycles. The number of rotatable bonds is 7. The van der Waals surface area contributed by atoms with Crippen molar-refractivity contribution >= 4 is 11.0 Å². The van der Waals surface area contributed by atoms with E-state index in [0.29, 0.717) is 12.0 Å². The molecule has 0 aromatic carbocycles. The number of aromatic nitrogens is 3. The van der Waals surface area contributed by atoms with E-state index in [0.717, 1.165) is 36.5 Å². The highest BCUT2D eigenvalue weighted by Crippen LogP contribution is 2.16. The fourth-order valence-corrected chi connectivity index (χ4v) is 2.43. The summed E-state index contributed by atoms with van der Waals surface area (Å²) in [4.78, 5) is 4.52. The van der Waals surface area contributed by atoms with Crippen molar-refractivity contribution in [2.75, 3.05) is 13.2 Å². The number of hydrogen-bond acceptors (Lipinski definition) is 4. The highest BCUT2D eigenvalue weighted by Gasteiger charge is 2.13. The average Bonchev–Trinajstić information content (AvgIpc) is 2.73. The molecule has 21 heavy (non-hydrogen) atoms. The molecule has 0 amide bonds. The molecule has 0 aliphatic heterocycles. The molecule has 5 nitrogen and oxygen atoms in total. The van der Waals surface area contributed by atoms with Crippen LogP contribution in [0.15, 0.2) is 12.3 Å². The fraction of sp³-hybridized carbons (Fsp3) is 0.625. The quantitative estimate of drug-likeness (QED) is 0.851. The number of nitrogens with one attached hydrogen (secondary N) is 1. The first kappa shape index (κ1) is 15.9. The fourth-order valence-electron chi connectivity index (χ4n) is 2.43. The van der Waals surface area contributed by atoms with Crippen LogP contribution in [0, 0.1) is 12.8 Å². The number of pyridine rings is 1. The van der Waals surface area contributed by atoms with Gasteiger partial charge in [-0.15, -0.1) is 0 Å². The molecule has 0 fully saturated rings. The second-order valence-corrected chi connectivity index (χ2v) is 5.81. The SMILES string of the molecule is CCOCC(NCc1cnc2c(c1)c(C)nn2C)C(C)C. The molecule has 0 saturated carbocycles.